The van der Waals surface area contributed by atoms with Gasteiger partial charge in [0.25, 0.3) is 0 Å². The Labute approximate surface area is 147 Å². The fraction of sp³-hybridized carbons (Fsp3) is 0.0556. The second-order valence-corrected chi connectivity index (χ2v) is 6.38. The zero-order valence-corrected chi connectivity index (χ0v) is 13.7. The summed E-state index contributed by atoms with van der Waals surface area (Å²) in [4.78, 5) is 25.5. The number of thiazole rings is 1. The molecule has 3 aromatic heterocycles. The van der Waals surface area contributed by atoms with Crippen LogP contribution in [0.3, 0.4) is 0 Å². The number of nitrogens with zero attached hydrogens (tertiary/aromatic N) is 5. The number of carbonyl (C=O) groups excluding carboxylic acids is 1. The number of hydrogen-bond donors (Lipinski definition) is 0. The molecule has 0 aliphatic carbocycles. The summed E-state index contributed by atoms with van der Waals surface area (Å²) in [5, 5.41) is 10.1. The minimum absolute atomic E-state index is 0.287. The molecule has 0 spiro atoms. The third-order valence-corrected chi connectivity index (χ3v) is 4.85. The first-order valence-electron chi connectivity index (χ1n) is 7.50. The van der Waals surface area contributed by atoms with Crippen molar-refractivity contribution in [2.75, 3.05) is 0 Å². The van der Waals surface area contributed by atoms with E-state index in [1.54, 1.807) is 41.6 Å². The highest BCUT2D eigenvalue weighted by atomic mass is 32.1. The summed E-state index contributed by atoms with van der Waals surface area (Å²) in [5.41, 5.74) is 1.22. The molecule has 0 radical (unpaired) electrons. The van der Waals surface area contributed by atoms with E-state index in [1.165, 1.54) is 11.3 Å². The van der Waals surface area contributed by atoms with Gasteiger partial charge in [-0.1, -0.05) is 12.1 Å². The summed E-state index contributed by atoms with van der Waals surface area (Å²) in [6, 6.07) is 13.0. The maximum atomic E-state index is 12.9. The van der Waals surface area contributed by atoms with E-state index in [4.69, 9.17) is 0 Å². The van der Waals surface area contributed by atoms with Crippen LogP contribution in [0.2, 0.25) is 0 Å². The molecule has 0 bridgehead atoms. The number of para-hydroxylation sites is 1. The Morgan fingerprint density at radius 1 is 1.24 bits per heavy atom. The fourth-order valence-corrected chi connectivity index (χ4v) is 3.53. The molecule has 0 aliphatic rings. The number of rotatable bonds is 4. The van der Waals surface area contributed by atoms with Crippen molar-refractivity contribution in [3.05, 3.63) is 71.9 Å². The molecule has 25 heavy (non-hydrogen) atoms. The van der Waals surface area contributed by atoms with Crippen LogP contribution in [0.25, 0.3) is 16.0 Å². The molecule has 1 aromatic carbocycles. The third-order valence-electron chi connectivity index (χ3n) is 3.75. The molecule has 0 unspecified atom stereocenters. The van der Waals surface area contributed by atoms with E-state index < -0.39 is 5.92 Å². The Hall–Kier alpha value is -3.37. The third kappa shape index (κ3) is 2.79. The smallest absolute Gasteiger partial charge is 0.187 e. The van der Waals surface area contributed by atoms with E-state index in [0.29, 0.717) is 16.4 Å². The molecule has 0 amide bonds. The number of aromatic nitrogens is 4. The molecule has 4 aromatic rings. The van der Waals surface area contributed by atoms with Gasteiger partial charge < -0.3 is 0 Å². The summed E-state index contributed by atoms with van der Waals surface area (Å²) in [7, 11) is 0. The summed E-state index contributed by atoms with van der Waals surface area (Å²) in [6.45, 7) is 0. The van der Waals surface area contributed by atoms with Crippen molar-refractivity contribution in [3.63, 3.8) is 0 Å². The maximum absolute atomic E-state index is 12.9. The summed E-state index contributed by atoms with van der Waals surface area (Å²) < 4.78 is 2.66. The first-order chi connectivity index (χ1) is 12.3. The summed E-state index contributed by atoms with van der Waals surface area (Å²) in [5.74, 6) is -0.648. The standard InChI is InChI=1S/C18H11N5OS/c19-10-13(18-22-14-3-1-2-4-15(14)25-18)17(24)12-5-6-21-16(9-12)23-8-7-20-11-23/h1-9,11,13H/t13-/m1/s1. The quantitative estimate of drug-likeness (QED) is 0.529. The van der Waals surface area contributed by atoms with Crippen molar-refractivity contribution >= 4 is 27.3 Å². The van der Waals surface area contributed by atoms with Crippen LogP contribution in [0.5, 0.6) is 0 Å². The van der Waals surface area contributed by atoms with E-state index in [0.717, 1.165) is 10.2 Å². The molecular weight excluding hydrogens is 334 g/mol. The zero-order valence-electron chi connectivity index (χ0n) is 12.9. The molecular formula is C18H11N5OS. The van der Waals surface area contributed by atoms with Gasteiger partial charge in [-0.15, -0.1) is 11.3 Å². The number of hydrogen-bond acceptors (Lipinski definition) is 6. The van der Waals surface area contributed by atoms with Crippen molar-refractivity contribution in [3.8, 4) is 11.9 Å². The topological polar surface area (TPSA) is 84.5 Å². The van der Waals surface area contributed by atoms with Crippen LogP contribution in [-0.2, 0) is 0 Å². The number of imidazole rings is 1. The van der Waals surface area contributed by atoms with E-state index >= 15 is 0 Å². The minimum atomic E-state index is -0.935. The number of fused-ring (bicyclic) bond motifs is 1. The Balaban J connectivity index is 1.71. The number of Topliss-reactive ketones (excluding diaryl/α,β-unsaturated/α-hetero) is 1. The largest absolute Gasteiger partial charge is 0.292 e. The fourth-order valence-electron chi connectivity index (χ4n) is 2.51. The Morgan fingerprint density at radius 2 is 2.12 bits per heavy atom. The first-order valence-corrected chi connectivity index (χ1v) is 8.31. The molecule has 0 N–H and O–H groups in total. The zero-order chi connectivity index (χ0) is 17.2. The number of nitriles is 1. The van der Waals surface area contributed by atoms with Crippen LogP contribution in [-0.4, -0.2) is 25.3 Å². The van der Waals surface area contributed by atoms with Crippen LogP contribution in [0.4, 0.5) is 0 Å². The van der Waals surface area contributed by atoms with Crippen LogP contribution in [0.1, 0.15) is 21.3 Å². The summed E-state index contributed by atoms with van der Waals surface area (Å²) in [6.07, 6.45) is 6.53. The van der Waals surface area contributed by atoms with Gasteiger partial charge in [0.2, 0.25) is 0 Å². The highest BCUT2D eigenvalue weighted by Gasteiger charge is 2.25. The van der Waals surface area contributed by atoms with Crippen LogP contribution in [0.15, 0.2) is 61.3 Å². The lowest BCUT2D eigenvalue weighted by Gasteiger charge is -2.07. The molecule has 3 heterocycles. The Bertz CT molecular complexity index is 1060. The monoisotopic (exact) mass is 345 g/mol. The second kappa shape index (κ2) is 6.26. The normalized spacial score (nSPS) is 12.0. The van der Waals surface area contributed by atoms with Crippen molar-refractivity contribution in [2.24, 2.45) is 0 Å². The first kappa shape index (κ1) is 15.2. The van der Waals surface area contributed by atoms with Gasteiger partial charge in [-0.05, 0) is 24.3 Å². The van der Waals surface area contributed by atoms with Gasteiger partial charge in [0.05, 0.1) is 16.3 Å². The number of carbonyl (C=O) groups is 1. The molecule has 4 rings (SSSR count). The summed E-state index contributed by atoms with van der Waals surface area (Å²) >= 11 is 1.37. The number of ketones is 1. The van der Waals surface area contributed by atoms with Gasteiger partial charge in [-0.25, -0.2) is 15.0 Å². The van der Waals surface area contributed by atoms with Crippen molar-refractivity contribution in [1.82, 2.24) is 19.5 Å². The highest BCUT2D eigenvalue weighted by Crippen LogP contribution is 2.29. The molecule has 0 saturated heterocycles. The molecule has 1 atom stereocenters. The van der Waals surface area contributed by atoms with E-state index in [2.05, 4.69) is 21.0 Å². The van der Waals surface area contributed by atoms with Crippen molar-refractivity contribution in [2.45, 2.75) is 5.92 Å². The van der Waals surface area contributed by atoms with E-state index in [-0.39, 0.29) is 5.78 Å². The Kier molecular flexibility index (Phi) is 3.80. The average Bonchev–Trinajstić information content (AvgIpc) is 3.32. The van der Waals surface area contributed by atoms with Crippen LogP contribution in [0, 0.1) is 11.3 Å². The molecule has 120 valence electrons. The van der Waals surface area contributed by atoms with Gasteiger partial charge >= 0.3 is 0 Å². The molecule has 0 saturated carbocycles. The van der Waals surface area contributed by atoms with Gasteiger partial charge in [-0.2, -0.15) is 5.26 Å². The van der Waals surface area contributed by atoms with Crippen LogP contribution < -0.4 is 0 Å². The number of pyridine rings is 1. The lowest BCUT2D eigenvalue weighted by Crippen LogP contribution is -2.12. The predicted octanol–water partition coefficient (Wildman–Crippen LogP) is 3.37. The lowest BCUT2D eigenvalue weighted by molar-refractivity contribution is 0.0978. The van der Waals surface area contributed by atoms with Gasteiger partial charge in [0.1, 0.15) is 17.2 Å². The molecule has 6 nitrogen and oxygen atoms in total. The van der Waals surface area contributed by atoms with E-state index in [1.807, 2.05) is 24.3 Å². The minimum Gasteiger partial charge on any atom is -0.292 e. The second-order valence-electron chi connectivity index (χ2n) is 5.32. The lowest BCUT2D eigenvalue weighted by atomic mass is 10.0. The van der Waals surface area contributed by atoms with Gasteiger partial charge in [0.15, 0.2) is 11.7 Å². The maximum Gasteiger partial charge on any atom is 0.187 e. The molecule has 0 aliphatic heterocycles. The highest BCUT2D eigenvalue weighted by molar-refractivity contribution is 7.18. The predicted molar refractivity (Wildman–Crippen MR) is 93.7 cm³/mol. The molecule has 7 heteroatoms. The van der Waals surface area contributed by atoms with Crippen LogP contribution >= 0.6 is 11.3 Å². The average molecular weight is 345 g/mol. The van der Waals surface area contributed by atoms with Gasteiger partial charge in [-0.3, -0.25) is 9.36 Å². The molecule has 0 fully saturated rings. The van der Waals surface area contributed by atoms with Crippen molar-refractivity contribution in [1.29, 1.82) is 5.26 Å². The van der Waals surface area contributed by atoms with Gasteiger partial charge in [0, 0.05) is 24.2 Å². The number of benzene rings is 1. The van der Waals surface area contributed by atoms with E-state index in [9.17, 15) is 10.1 Å². The van der Waals surface area contributed by atoms with Crippen molar-refractivity contribution < 1.29 is 4.79 Å². The Morgan fingerprint density at radius 3 is 2.88 bits per heavy atom. The SMILES string of the molecule is N#C[C@H](C(=O)c1ccnc(-n2ccnc2)c1)c1nc2ccccc2s1.